The van der Waals surface area contributed by atoms with Gasteiger partial charge in [-0.25, -0.2) is 0 Å². The normalized spacial score (nSPS) is 44.1. The zero-order valence-electron chi connectivity index (χ0n) is 10.1. The van der Waals surface area contributed by atoms with Crippen LogP contribution in [0.3, 0.4) is 0 Å². The maximum Gasteiger partial charge on any atom is 0.308 e. The first-order valence-electron chi connectivity index (χ1n) is 6.54. The maximum atomic E-state index is 11.6. The molecule has 2 heteroatoms. The third-order valence-electron chi connectivity index (χ3n) is 4.68. The van der Waals surface area contributed by atoms with Gasteiger partial charge in [-0.2, -0.15) is 0 Å². The zero-order chi connectivity index (χ0) is 11.3. The zero-order valence-corrected chi connectivity index (χ0v) is 10.1. The fourth-order valence-corrected chi connectivity index (χ4v) is 3.92. The summed E-state index contributed by atoms with van der Waals surface area (Å²) >= 11 is 0. The lowest BCUT2D eigenvalue weighted by Crippen LogP contribution is -2.33. The molecule has 3 rings (SSSR count). The van der Waals surface area contributed by atoms with Gasteiger partial charge >= 0.3 is 5.97 Å². The van der Waals surface area contributed by atoms with Crippen molar-refractivity contribution in [3.8, 4) is 0 Å². The van der Waals surface area contributed by atoms with Gasteiger partial charge in [-0.3, -0.25) is 4.79 Å². The Labute approximate surface area is 97.1 Å². The van der Waals surface area contributed by atoms with Crippen LogP contribution >= 0.6 is 0 Å². The second kappa shape index (κ2) is 3.61. The number of hydrogen-bond donors (Lipinski definition) is 0. The number of hydrogen-bond acceptors (Lipinski definition) is 2. The molecule has 0 radical (unpaired) electrons. The maximum absolute atomic E-state index is 11.6. The Hall–Kier alpha value is -0.790. The predicted molar refractivity (Wildman–Crippen MR) is 61.7 cm³/mol. The molecule has 0 aromatic heterocycles. The van der Waals surface area contributed by atoms with Crippen molar-refractivity contribution < 1.29 is 9.53 Å². The standard InChI is InChI=1S/C14H20O2/c1-8(2)14(15)16-13-7-9-6-12(13)11-5-3-4-10(9)11/h3-4,8-13H,5-7H2,1-2H3. The first kappa shape index (κ1) is 10.4. The van der Waals surface area contributed by atoms with Gasteiger partial charge in [0.15, 0.2) is 0 Å². The first-order chi connectivity index (χ1) is 7.66. The molecule has 0 saturated heterocycles. The van der Waals surface area contributed by atoms with Gasteiger partial charge in [0.05, 0.1) is 5.92 Å². The number of fused-ring (bicyclic) bond motifs is 5. The third-order valence-corrected chi connectivity index (χ3v) is 4.68. The highest BCUT2D eigenvalue weighted by atomic mass is 16.5. The summed E-state index contributed by atoms with van der Waals surface area (Å²) in [6.45, 7) is 3.82. The lowest BCUT2D eigenvalue weighted by atomic mass is 9.80. The largest absolute Gasteiger partial charge is 0.462 e. The monoisotopic (exact) mass is 220 g/mol. The molecule has 16 heavy (non-hydrogen) atoms. The minimum atomic E-state index is -0.0138. The Balaban J connectivity index is 1.67. The molecule has 2 saturated carbocycles. The molecule has 88 valence electrons. The molecule has 3 aliphatic carbocycles. The summed E-state index contributed by atoms with van der Waals surface area (Å²) in [5.41, 5.74) is 0. The summed E-state index contributed by atoms with van der Waals surface area (Å²) in [5, 5.41) is 0. The SMILES string of the molecule is CC(C)C(=O)OC1CC2CC1C1CC=CC21. The summed E-state index contributed by atoms with van der Waals surface area (Å²) in [7, 11) is 0. The average Bonchev–Trinajstić information content (AvgIpc) is 2.87. The first-order valence-corrected chi connectivity index (χ1v) is 6.54. The molecule has 2 nitrogen and oxygen atoms in total. The van der Waals surface area contributed by atoms with Crippen LogP contribution in [0.1, 0.15) is 33.1 Å². The van der Waals surface area contributed by atoms with E-state index in [4.69, 9.17) is 4.74 Å². The minimum Gasteiger partial charge on any atom is -0.462 e. The molecule has 0 aliphatic heterocycles. The molecule has 0 amide bonds. The second-order valence-corrected chi connectivity index (χ2v) is 5.93. The van der Waals surface area contributed by atoms with Crippen molar-refractivity contribution >= 4 is 5.97 Å². The Morgan fingerprint density at radius 3 is 2.88 bits per heavy atom. The van der Waals surface area contributed by atoms with E-state index >= 15 is 0 Å². The van der Waals surface area contributed by atoms with Crippen LogP contribution in [0.25, 0.3) is 0 Å². The fraction of sp³-hybridized carbons (Fsp3) is 0.786. The fourth-order valence-electron chi connectivity index (χ4n) is 3.92. The number of ether oxygens (including phenoxy) is 1. The van der Waals surface area contributed by atoms with E-state index in [2.05, 4.69) is 12.2 Å². The van der Waals surface area contributed by atoms with E-state index in [1.54, 1.807) is 0 Å². The molecule has 5 unspecified atom stereocenters. The third kappa shape index (κ3) is 1.42. The van der Waals surface area contributed by atoms with Crippen molar-refractivity contribution in [3.05, 3.63) is 12.2 Å². The van der Waals surface area contributed by atoms with E-state index in [0.29, 0.717) is 5.92 Å². The van der Waals surface area contributed by atoms with Crippen LogP contribution in [-0.2, 0) is 9.53 Å². The van der Waals surface area contributed by atoms with Gasteiger partial charge in [-0.15, -0.1) is 0 Å². The van der Waals surface area contributed by atoms with Gasteiger partial charge in [0.25, 0.3) is 0 Å². The number of carbonyl (C=O) groups excluding carboxylic acids is 1. The smallest absolute Gasteiger partial charge is 0.308 e. The summed E-state index contributed by atoms with van der Waals surface area (Å²) in [6, 6.07) is 0. The van der Waals surface area contributed by atoms with Crippen molar-refractivity contribution in [1.29, 1.82) is 0 Å². The van der Waals surface area contributed by atoms with E-state index in [9.17, 15) is 4.79 Å². The molecule has 0 spiro atoms. The summed E-state index contributed by atoms with van der Waals surface area (Å²) in [6.07, 6.45) is 8.55. The number of carbonyl (C=O) groups is 1. The highest BCUT2D eigenvalue weighted by Crippen LogP contribution is 2.57. The van der Waals surface area contributed by atoms with Crippen LogP contribution in [0.15, 0.2) is 12.2 Å². The Kier molecular flexibility index (Phi) is 2.34. The van der Waals surface area contributed by atoms with Crippen LogP contribution in [0.4, 0.5) is 0 Å². The summed E-state index contributed by atoms with van der Waals surface area (Å²) in [5.74, 6) is 3.02. The molecule has 5 atom stereocenters. The van der Waals surface area contributed by atoms with Crippen LogP contribution in [0.5, 0.6) is 0 Å². The van der Waals surface area contributed by atoms with Gasteiger partial charge in [0.2, 0.25) is 0 Å². The van der Waals surface area contributed by atoms with E-state index in [-0.39, 0.29) is 18.0 Å². The molecule has 0 N–H and O–H groups in total. The Morgan fingerprint density at radius 2 is 2.12 bits per heavy atom. The molecule has 3 aliphatic rings. The lowest BCUT2D eigenvalue weighted by molar-refractivity contribution is -0.156. The van der Waals surface area contributed by atoms with Crippen LogP contribution in [-0.4, -0.2) is 12.1 Å². The van der Waals surface area contributed by atoms with E-state index < -0.39 is 0 Å². The van der Waals surface area contributed by atoms with Crippen molar-refractivity contribution in [1.82, 2.24) is 0 Å². The molecule has 0 aromatic carbocycles. The van der Waals surface area contributed by atoms with Crippen LogP contribution < -0.4 is 0 Å². The van der Waals surface area contributed by atoms with Crippen LogP contribution in [0.2, 0.25) is 0 Å². The molecule has 2 bridgehead atoms. The van der Waals surface area contributed by atoms with Gasteiger partial charge in [-0.05, 0) is 42.9 Å². The van der Waals surface area contributed by atoms with E-state index in [1.807, 2.05) is 13.8 Å². The number of allylic oxidation sites excluding steroid dienone is 2. The average molecular weight is 220 g/mol. The highest BCUT2D eigenvalue weighted by molar-refractivity contribution is 5.71. The number of esters is 1. The van der Waals surface area contributed by atoms with Gasteiger partial charge in [0.1, 0.15) is 6.10 Å². The van der Waals surface area contributed by atoms with E-state index in [1.165, 1.54) is 12.8 Å². The predicted octanol–water partition coefficient (Wildman–Crippen LogP) is 2.79. The Morgan fingerprint density at radius 1 is 1.31 bits per heavy atom. The second-order valence-electron chi connectivity index (χ2n) is 5.93. The quantitative estimate of drug-likeness (QED) is 0.528. The van der Waals surface area contributed by atoms with Gasteiger partial charge in [0, 0.05) is 0 Å². The lowest BCUT2D eigenvalue weighted by Gasteiger charge is -2.31. The van der Waals surface area contributed by atoms with E-state index in [0.717, 1.165) is 24.2 Å². The Bertz CT molecular complexity index is 332. The molecular weight excluding hydrogens is 200 g/mol. The van der Waals surface area contributed by atoms with Crippen molar-refractivity contribution in [3.63, 3.8) is 0 Å². The van der Waals surface area contributed by atoms with Crippen LogP contribution in [0, 0.1) is 29.6 Å². The van der Waals surface area contributed by atoms with Gasteiger partial charge < -0.3 is 4.74 Å². The van der Waals surface area contributed by atoms with Gasteiger partial charge in [-0.1, -0.05) is 26.0 Å². The molecule has 0 aromatic rings. The highest BCUT2D eigenvalue weighted by Gasteiger charge is 2.53. The molecule has 0 heterocycles. The topological polar surface area (TPSA) is 26.3 Å². The molecule has 2 fully saturated rings. The minimum absolute atomic E-state index is 0.0108. The van der Waals surface area contributed by atoms with Crippen molar-refractivity contribution in [2.45, 2.75) is 39.2 Å². The number of rotatable bonds is 2. The summed E-state index contributed by atoms with van der Waals surface area (Å²) in [4.78, 5) is 11.6. The molecular formula is C14H20O2. The van der Waals surface area contributed by atoms with Crippen molar-refractivity contribution in [2.75, 3.05) is 0 Å². The van der Waals surface area contributed by atoms with Crippen molar-refractivity contribution in [2.24, 2.45) is 29.6 Å². The summed E-state index contributed by atoms with van der Waals surface area (Å²) < 4.78 is 5.65.